The Morgan fingerprint density at radius 2 is 2.17 bits per heavy atom. The molecule has 1 saturated heterocycles. The molecular weight excluding hydrogens is 228 g/mol. The highest BCUT2D eigenvalue weighted by atomic mass is 16.5. The first-order chi connectivity index (χ1) is 8.66. The Hall–Kier alpha value is -1.39. The summed E-state index contributed by atoms with van der Waals surface area (Å²) in [7, 11) is 0. The lowest BCUT2D eigenvalue weighted by Crippen LogP contribution is -2.44. The van der Waals surface area contributed by atoms with Crippen LogP contribution in [0.5, 0.6) is 0 Å². The minimum Gasteiger partial charge on any atom is -0.381 e. The summed E-state index contributed by atoms with van der Waals surface area (Å²) in [6, 6.07) is 7.28. The number of rotatable bonds is 3. The molecule has 0 radical (unpaired) electrons. The molecule has 0 saturated carbocycles. The average molecular weight is 248 g/mol. The number of ether oxygens (including phenoxy) is 1. The minimum atomic E-state index is -0.450. The van der Waals surface area contributed by atoms with E-state index in [0.717, 1.165) is 24.1 Å². The summed E-state index contributed by atoms with van der Waals surface area (Å²) in [6.45, 7) is 3.40. The number of carbonyl (C=O) groups is 1. The van der Waals surface area contributed by atoms with E-state index >= 15 is 0 Å². The predicted octanol–water partition coefficient (Wildman–Crippen LogP) is 1.69. The van der Waals surface area contributed by atoms with Gasteiger partial charge in [0.1, 0.15) is 0 Å². The molecule has 1 aliphatic heterocycles. The first-order valence-electron chi connectivity index (χ1n) is 6.37. The van der Waals surface area contributed by atoms with E-state index in [2.05, 4.69) is 5.32 Å². The monoisotopic (exact) mass is 248 g/mol. The van der Waals surface area contributed by atoms with Crippen molar-refractivity contribution in [3.63, 3.8) is 0 Å². The van der Waals surface area contributed by atoms with Crippen LogP contribution in [0.3, 0.4) is 0 Å². The quantitative estimate of drug-likeness (QED) is 0.855. The van der Waals surface area contributed by atoms with E-state index in [1.165, 1.54) is 0 Å². The van der Waals surface area contributed by atoms with Gasteiger partial charge >= 0.3 is 0 Å². The lowest BCUT2D eigenvalue weighted by molar-refractivity contribution is -0.119. The second-order valence-electron chi connectivity index (χ2n) is 4.83. The van der Waals surface area contributed by atoms with E-state index in [1.807, 2.05) is 31.2 Å². The molecule has 1 aromatic rings. The van der Waals surface area contributed by atoms with Gasteiger partial charge < -0.3 is 15.8 Å². The lowest BCUT2D eigenvalue weighted by atomic mass is 9.92. The Kier molecular flexibility index (Phi) is 4.33. The number of nitrogens with one attached hydrogen (secondary N) is 1. The van der Waals surface area contributed by atoms with Crippen molar-refractivity contribution in [2.45, 2.75) is 25.8 Å². The summed E-state index contributed by atoms with van der Waals surface area (Å²) in [5.74, 6) is 0.121. The number of aryl methyl sites for hydroxylation is 1. The van der Waals surface area contributed by atoms with E-state index in [0.29, 0.717) is 13.2 Å². The van der Waals surface area contributed by atoms with Crippen molar-refractivity contribution in [1.82, 2.24) is 0 Å². The van der Waals surface area contributed by atoms with Crippen LogP contribution in [0.25, 0.3) is 0 Å². The van der Waals surface area contributed by atoms with Gasteiger partial charge in [0, 0.05) is 18.9 Å². The highest BCUT2D eigenvalue weighted by Gasteiger charge is 2.26. The smallest absolute Gasteiger partial charge is 0.241 e. The van der Waals surface area contributed by atoms with Crippen molar-refractivity contribution in [2.75, 3.05) is 18.5 Å². The van der Waals surface area contributed by atoms with Crippen LogP contribution in [0.15, 0.2) is 24.3 Å². The molecule has 0 aromatic heterocycles. The van der Waals surface area contributed by atoms with Crippen molar-refractivity contribution in [3.8, 4) is 0 Å². The SMILES string of the molecule is Cc1cccc(NC(=O)C(N)C2CCOCC2)c1. The van der Waals surface area contributed by atoms with Gasteiger partial charge in [-0.05, 0) is 43.4 Å². The summed E-state index contributed by atoms with van der Waals surface area (Å²) in [5, 5.41) is 2.88. The molecule has 1 heterocycles. The van der Waals surface area contributed by atoms with Crippen molar-refractivity contribution < 1.29 is 9.53 Å². The molecule has 1 atom stereocenters. The third-order valence-corrected chi connectivity index (χ3v) is 3.36. The van der Waals surface area contributed by atoms with Crippen molar-refractivity contribution >= 4 is 11.6 Å². The largest absolute Gasteiger partial charge is 0.381 e. The Bertz CT molecular complexity index is 414. The fourth-order valence-electron chi connectivity index (χ4n) is 2.24. The molecule has 98 valence electrons. The molecule has 4 heteroatoms. The van der Waals surface area contributed by atoms with Crippen LogP contribution in [0.4, 0.5) is 5.69 Å². The fourth-order valence-corrected chi connectivity index (χ4v) is 2.24. The Morgan fingerprint density at radius 3 is 2.83 bits per heavy atom. The summed E-state index contributed by atoms with van der Waals surface area (Å²) >= 11 is 0. The minimum absolute atomic E-state index is 0.104. The van der Waals surface area contributed by atoms with Gasteiger partial charge in [0.05, 0.1) is 6.04 Å². The molecule has 2 rings (SSSR count). The molecule has 1 aliphatic rings. The molecular formula is C14H20N2O2. The van der Waals surface area contributed by atoms with Gasteiger partial charge in [-0.2, -0.15) is 0 Å². The van der Waals surface area contributed by atoms with Gasteiger partial charge in [0.2, 0.25) is 5.91 Å². The maximum atomic E-state index is 12.0. The second-order valence-corrected chi connectivity index (χ2v) is 4.83. The Balaban J connectivity index is 1.94. The molecule has 3 N–H and O–H groups in total. The molecule has 1 aromatic carbocycles. The van der Waals surface area contributed by atoms with Gasteiger partial charge in [0.15, 0.2) is 0 Å². The number of hydrogen-bond acceptors (Lipinski definition) is 3. The first kappa shape index (κ1) is 13.1. The van der Waals surface area contributed by atoms with Crippen molar-refractivity contribution in [1.29, 1.82) is 0 Å². The maximum Gasteiger partial charge on any atom is 0.241 e. The van der Waals surface area contributed by atoms with Crippen molar-refractivity contribution in [3.05, 3.63) is 29.8 Å². The summed E-state index contributed by atoms with van der Waals surface area (Å²) < 4.78 is 5.28. The zero-order valence-corrected chi connectivity index (χ0v) is 10.7. The highest BCUT2D eigenvalue weighted by molar-refractivity contribution is 5.94. The van der Waals surface area contributed by atoms with E-state index in [-0.39, 0.29) is 11.8 Å². The fraction of sp³-hybridized carbons (Fsp3) is 0.500. The number of hydrogen-bond donors (Lipinski definition) is 2. The molecule has 0 aliphatic carbocycles. The second kappa shape index (κ2) is 5.98. The van der Waals surface area contributed by atoms with Gasteiger partial charge in [0.25, 0.3) is 0 Å². The average Bonchev–Trinajstić information content (AvgIpc) is 2.39. The molecule has 18 heavy (non-hydrogen) atoms. The van der Waals surface area contributed by atoms with Crippen LogP contribution >= 0.6 is 0 Å². The molecule has 0 spiro atoms. The third-order valence-electron chi connectivity index (χ3n) is 3.36. The lowest BCUT2D eigenvalue weighted by Gasteiger charge is -2.26. The van der Waals surface area contributed by atoms with E-state index < -0.39 is 6.04 Å². The predicted molar refractivity (Wildman–Crippen MR) is 71.3 cm³/mol. The van der Waals surface area contributed by atoms with Gasteiger partial charge in [-0.3, -0.25) is 4.79 Å². The summed E-state index contributed by atoms with van der Waals surface area (Å²) in [4.78, 5) is 12.0. The summed E-state index contributed by atoms with van der Waals surface area (Å²) in [5.41, 5.74) is 7.94. The molecule has 1 amide bonds. The van der Waals surface area contributed by atoms with Crippen LogP contribution < -0.4 is 11.1 Å². The van der Waals surface area contributed by atoms with Gasteiger partial charge in [-0.1, -0.05) is 12.1 Å². The molecule has 0 bridgehead atoms. The van der Waals surface area contributed by atoms with Crippen LogP contribution in [0.1, 0.15) is 18.4 Å². The van der Waals surface area contributed by atoms with E-state index in [4.69, 9.17) is 10.5 Å². The van der Waals surface area contributed by atoms with Crippen LogP contribution in [-0.4, -0.2) is 25.2 Å². The Labute approximate surface area is 108 Å². The van der Waals surface area contributed by atoms with Crippen molar-refractivity contribution in [2.24, 2.45) is 11.7 Å². The van der Waals surface area contributed by atoms with E-state index in [1.54, 1.807) is 0 Å². The number of anilines is 1. The molecule has 1 unspecified atom stereocenters. The molecule has 1 fully saturated rings. The normalized spacial score (nSPS) is 18.3. The number of benzene rings is 1. The third kappa shape index (κ3) is 3.31. The zero-order valence-electron chi connectivity index (χ0n) is 10.7. The summed E-state index contributed by atoms with van der Waals surface area (Å²) in [6.07, 6.45) is 1.73. The van der Waals surface area contributed by atoms with Crippen LogP contribution in [-0.2, 0) is 9.53 Å². The number of nitrogens with two attached hydrogens (primary N) is 1. The van der Waals surface area contributed by atoms with Gasteiger partial charge in [-0.25, -0.2) is 0 Å². The Morgan fingerprint density at radius 1 is 1.44 bits per heavy atom. The number of amides is 1. The van der Waals surface area contributed by atoms with Gasteiger partial charge in [-0.15, -0.1) is 0 Å². The zero-order chi connectivity index (χ0) is 13.0. The van der Waals surface area contributed by atoms with E-state index in [9.17, 15) is 4.79 Å². The van der Waals surface area contributed by atoms with Crippen LogP contribution in [0, 0.1) is 12.8 Å². The first-order valence-corrected chi connectivity index (χ1v) is 6.37. The maximum absolute atomic E-state index is 12.0. The standard InChI is InChI=1S/C14H20N2O2/c1-10-3-2-4-12(9-10)16-14(17)13(15)11-5-7-18-8-6-11/h2-4,9,11,13H,5-8,15H2,1H3,(H,16,17). The topological polar surface area (TPSA) is 64.4 Å². The highest BCUT2D eigenvalue weighted by Crippen LogP contribution is 2.19. The number of carbonyl (C=O) groups excluding carboxylic acids is 1. The molecule has 4 nitrogen and oxygen atoms in total. The van der Waals surface area contributed by atoms with Crippen LogP contribution in [0.2, 0.25) is 0 Å².